The van der Waals surface area contributed by atoms with Crippen molar-refractivity contribution in [3.8, 4) is 0 Å². The Balaban J connectivity index is 2.58. The van der Waals surface area contributed by atoms with Gasteiger partial charge in [-0.2, -0.15) is 0 Å². The van der Waals surface area contributed by atoms with Crippen LogP contribution in [0.4, 0.5) is 0 Å². The molecule has 0 amide bonds. The maximum Gasteiger partial charge on any atom is 0.0512 e. The van der Waals surface area contributed by atoms with E-state index in [4.69, 9.17) is 0 Å². The van der Waals surface area contributed by atoms with Crippen LogP contribution in [0.5, 0.6) is 0 Å². The SMILES string of the molecule is CC(C)CCC(CO)(CO)C1CCCC1. The molecule has 0 radical (unpaired) electrons. The van der Waals surface area contributed by atoms with Gasteiger partial charge in [-0.15, -0.1) is 0 Å². The Labute approximate surface area is 93.7 Å². The summed E-state index contributed by atoms with van der Waals surface area (Å²) in [7, 11) is 0. The molecule has 0 heterocycles. The van der Waals surface area contributed by atoms with Crippen molar-refractivity contribution in [1.82, 2.24) is 0 Å². The van der Waals surface area contributed by atoms with Gasteiger partial charge in [-0.25, -0.2) is 0 Å². The van der Waals surface area contributed by atoms with Crippen molar-refractivity contribution in [3.05, 3.63) is 0 Å². The summed E-state index contributed by atoms with van der Waals surface area (Å²) in [5.41, 5.74) is -0.194. The third-order valence-electron chi connectivity index (χ3n) is 4.07. The van der Waals surface area contributed by atoms with Gasteiger partial charge in [-0.3, -0.25) is 0 Å². The number of hydrogen-bond donors (Lipinski definition) is 2. The molecular formula is C13H26O2. The van der Waals surface area contributed by atoms with Gasteiger partial charge in [0.15, 0.2) is 0 Å². The molecule has 0 spiro atoms. The Morgan fingerprint density at radius 2 is 1.67 bits per heavy atom. The van der Waals surface area contributed by atoms with Gasteiger partial charge in [0.25, 0.3) is 0 Å². The zero-order chi connectivity index (χ0) is 11.3. The highest BCUT2D eigenvalue weighted by Gasteiger charge is 2.38. The first-order valence-corrected chi connectivity index (χ1v) is 6.36. The molecule has 90 valence electrons. The van der Waals surface area contributed by atoms with Crippen molar-refractivity contribution in [3.63, 3.8) is 0 Å². The maximum atomic E-state index is 9.59. The molecule has 0 bridgehead atoms. The summed E-state index contributed by atoms with van der Waals surface area (Å²) in [5.74, 6) is 1.20. The maximum absolute atomic E-state index is 9.59. The van der Waals surface area contributed by atoms with Crippen LogP contribution in [-0.2, 0) is 0 Å². The van der Waals surface area contributed by atoms with E-state index in [1.54, 1.807) is 0 Å². The van der Waals surface area contributed by atoms with Crippen molar-refractivity contribution < 1.29 is 10.2 Å². The van der Waals surface area contributed by atoms with E-state index in [1.807, 2.05) is 0 Å². The van der Waals surface area contributed by atoms with E-state index < -0.39 is 0 Å². The van der Waals surface area contributed by atoms with Crippen LogP contribution in [0.3, 0.4) is 0 Å². The quantitative estimate of drug-likeness (QED) is 0.713. The van der Waals surface area contributed by atoms with E-state index in [2.05, 4.69) is 13.8 Å². The molecule has 0 unspecified atom stereocenters. The van der Waals surface area contributed by atoms with Crippen molar-refractivity contribution in [2.24, 2.45) is 17.3 Å². The molecule has 2 heteroatoms. The van der Waals surface area contributed by atoms with Gasteiger partial charge >= 0.3 is 0 Å². The third kappa shape index (κ3) is 3.18. The predicted octanol–water partition coefficient (Wildman–Crippen LogP) is 2.58. The minimum Gasteiger partial charge on any atom is -0.396 e. The highest BCUT2D eigenvalue weighted by molar-refractivity contribution is 4.88. The zero-order valence-electron chi connectivity index (χ0n) is 10.2. The van der Waals surface area contributed by atoms with Crippen LogP contribution < -0.4 is 0 Å². The van der Waals surface area contributed by atoms with Crippen molar-refractivity contribution >= 4 is 0 Å². The fourth-order valence-electron chi connectivity index (χ4n) is 2.78. The Morgan fingerprint density at radius 1 is 1.13 bits per heavy atom. The topological polar surface area (TPSA) is 40.5 Å². The lowest BCUT2D eigenvalue weighted by Gasteiger charge is -2.36. The molecule has 1 fully saturated rings. The first-order valence-electron chi connectivity index (χ1n) is 6.36. The summed E-state index contributed by atoms with van der Waals surface area (Å²) in [6, 6.07) is 0. The average molecular weight is 214 g/mol. The highest BCUT2D eigenvalue weighted by atomic mass is 16.3. The predicted molar refractivity (Wildman–Crippen MR) is 62.6 cm³/mol. The molecule has 0 aromatic rings. The summed E-state index contributed by atoms with van der Waals surface area (Å²) >= 11 is 0. The van der Waals surface area contributed by atoms with Gasteiger partial charge in [-0.05, 0) is 31.1 Å². The van der Waals surface area contributed by atoms with Gasteiger partial charge in [0.05, 0.1) is 13.2 Å². The molecule has 1 aliphatic carbocycles. The second-order valence-corrected chi connectivity index (χ2v) is 5.59. The van der Waals surface area contributed by atoms with E-state index in [1.165, 1.54) is 25.7 Å². The number of aliphatic hydroxyl groups excluding tert-OH is 2. The van der Waals surface area contributed by atoms with Gasteiger partial charge in [0.1, 0.15) is 0 Å². The fraction of sp³-hybridized carbons (Fsp3) is 1.00. The van der Waals surface area contributed by atoms with Gasteiger partial charge < -0.3 is 10.2 Å². The zero-order valence-corrected chi connectivity index (χ0v) is 10.2. The van der Waals surface area contributed by atoms with E-state index in [0.717, 1.165) is 12.8 Å². The van der Waals surface area contributed by atoms with Crippen LogP contribution in [0, 0.1) is 17.3 Å². The molecule has 2 N–H and O–H groups in total. The molecule has 1 rings (SSSR count). The molecule has 15 heavy (non-hydrogen) atoms. The first-order chi connectivity index (χ1) is 7.14. The number of aliphatic hydroxyl groups is 2. The van der Waals surface area contributed by atoms with Crippen LogP contribution in [0.15, 0.2) is 0 Å². The monoisotopic (exact) mass is 214 g/mol. The minimum atomic E-state index is -0.194. The highest BCUT2D eigenvalue weighted by Crippen LogP contribution is 2.43. The Morgan fingerprint density at radius 3 is 2.07 bits per heavy atom. The molecule has 0 atom stereocenters. The molecule has 2 nitrogen and oxygen atoms in total. The Kier molecular flexibility index (Phi) is 5.07. The average Bonchev–Trinajstić information content (AvgIpc) is 2.74. The van der Waals surface area contributed by atoms with Crippen LogP contribution in [0.25, 0.3) is 0 Å². The van der Waals surface area contributed by atoms with E-state index in [0.29, 0.717) is 11.8 Å². The summed E-state index contributed by atoms with van der Waals surface area (Å²) in [5, 5.41) is 19.2. The molecule has 1 saturated carbocycles. The summed E-state index contributed by atoms with van der Waals surface area (Å²) < 4.78 is 0. The molecule has 0 aliphatic heterocycles. The van der Waals surface area contributed by atoms with E-state index >= 15 is 0 Å². The molecule has 1 aliphatic rings. The Hall–Kier alpha value is -0.0800. The summed E-state index contributed by atoms with van der Waals surface area (Å²) in [4.78, 5) is 0. The summed E-state index contributed by atoms with van der Waals surface area (Å²) in [6.07, 6.45) is 7.01. The smallest absolute Gasteiger partial charge is 0.0512 e. The fourth-order valence-corrected chi connectivity index (χ4v) is 2.78. The Bertz CT molecular complexity index is 167. The lowest BCUT2D eigenvalue weighted by molar-refractivity contribution is -0.00531. The molecule has 0 aromatic carbocycles. The van der Waals surface area contributed by atoms with Crippen LogP contribution in [0.2, 0.25) is 0 Å². The number of hydrogen-bond acceptors (Lipinski definition) is 2. The van der Waals surface area contributed by atoms with E-state index in [-0.39, 0.29) is 18.6 Å². The van der Waals surface area contributed by atoms with Gasteiger partial charge in [0.2, 0.25) is 0 Å². The second-order valence-electron chi connectivity index (χ2n) is 5.59. The van der Waals surface area contributed by atoms with Crippen LogP contribution in [0.1, 0.15) is 52.4 Å². The lowest BCUT2D eigenvalue weighted by Crippen LogP contribution is -2.37. The third-order valence-corrected chi connectivity index (χ3v) is 4.07. The molecular weight excluding hydrogens is 188 g/mol. The number of rotatable bonds is 6. The van der Waals surface area contributed by atoms with Crippen molar-refractivity contribution in [2.75, 3.05) is 13.2 Å². The lowest BCUT2D eigenvalue weighted by atomic mass is 9.71. The normalized spacial score (nSPS) is 19.0. The molecule has 0 saturated heterocycles. The van der Waals surface area contributed by atoms with Crippen molar-refractivity contribution in [2.45, 2.75) is 52.4 Å². The van der Waals surface area contributed by atoms with Crippen LogP contribution in [-0.4, -0.2) is 23.4 Å². The second kappa shape index (κ2) is 5.86. The minimum absolute atomic E-state index is 0.154. The van der Waals surface area contributed by atoms with Gasteiger partial charge in [-0.1, -0.05) is 33.1 Å². The van der Waals surface area contributed by atoms with Crippen molar-refractivity contribution in [1.29, 1.82) is 0 Å². The van der Waals surface area contributed by atoms with Crippen LogP contribution >= 0.6 is 0 Å². The first kappa shape index (κ1) is 13.0. The van der Waals surface area contributed by atoms with E-state index in [9.17, 15) is 10.2 Å². The van der Waals surface area contributed by atoms with Gasteiger partial charge in [0, 0.05) is 5.41 Å². The molecule has 0 aromatic heterocycles. The largest absolute Gasteiger partial charge is 0.396 e. The standard InChI is InChI=1S/C13H26O2/c1-11(2)7-8-13(9-14,10-15)12-5-3-4-6-12/h11-12,14-15H,3-10H2,1-2H3. The summed E-state index contributed by atoms with van der Waals surface area (Å²) in [6.45, 7) is 4.71.